The lowest BCUT2D eigenvalue weighted by Gasteiger charge is -2.15. The predicted molar refractivity (Wildman–Crippen MR) is 109 cm³/mol. The molecule has 1 unspecified atom stereocenters. The van der Waals surface area contributed by atoms with Crippen LogP contribution in [0.3, 0.4) is 0 Å². The summed E-state index contributed by atoms with van der Waals surface area (Å²) in [4.78, 5) is 16.5. The van der Waals surface area contributed by atoms with E-state index in [1.807, 2.05) is 17.8 Å². The third kappa shape index (κ3) is 5.18. The van der Waals surface area contributed by atoms with Gasteiger partial charge in [0.15, 0.2) is 6.10 Å². The standard InChI is InChI=1S/C20H19Cl2N3O3/c1-13(28-16-7-8-17(21)18(22)11-16)20(26)24-14-3-5-15(6-4-14)27-12-19-23-9-10-25(19)2/h3-11,13H,12H2,1-2H3,(H,24,26). The summed E-state index contributed by atoms with van der Waals surface area (Å²) in [6.45, 7) is 2.02. The molecule has 0 spiro atoms. The molecule has 2 aromatic carbocycles. The van der Waals surface area contributed by atoms with E-state index < -0.39 is 6.10 Å². The Hall–Kier alpha value is -2.70. The molecule has 1 heterocycles. The molecule has 0 radical (unpaired) electrons. The maximum absolute atomic E-state index is 12.3. The Morgan fingerprint density at radius 2 is 1.86 bits per heavy atom. The summed E-state index contributed by atoms with van der Waals surface area (Å²) >= 11 is 11.8. The second-order valence-electron chi connectivity index (χ2n) is 6.09. The normalized spacial score (nSPS) is 11.7. The van der Waals surface area contributed by atoms with Crippen LogP contribution in [0.25, 0.3) is 0 Å². The number of amides is 1. The number of imidazole rings is 1. The van der Waals surface area contributed by atoms with Crippen LogP contribution < -0.4 is 14.8 Å². The number of hydrogen-bond acceptors (Lipinski definition) is 4. The Morgan fingerprint density at radius 1 is 1.14 bits per heavy atom. The Labute approximate surface area is 173 Å². The Balaban J connectivity index is 1.53. The first-order valence-corrected chi connectivity index (χ1v) is 9.29. The molecule has 3 rings (SSSR count). The van der Waals surface area contributed by atoms with Crippen LogP contribution in [-0.4, -0.2) is 21.6 Å². The van der Waals surface area contributed by atoms with Crippen molar-refractivity contribution in [3.63, 3.8) is 0 Å². The highest BCUT2D eigenvalue weighted by atomic mass is 35.5. The van der Waals surface area contributed by atoms with Crippen molar-refractivity contribution in [2.24, 2.45) is 7.05 Å². The average molecular weight is 420 g/mol. The van der Waals surface area contributed by atoms with Crippen molar-refractivity contribution in [1.29, 1.82) is 0 Å². The SMILES string of the molecule is CC(Oc1ccc(Cl)c(Cl)c1)C(=O)Nc1ccc(OCc2nccn2C)cc1. The van der Waals surface area contributed by atoms with E-state index in [4.69, 9.17) is 32.7 Å². The molecule has 0 saturated carbocycles. The van der Waals surface area contributed by atoms with Gasteiger partial charge in [0, 0.05) is 31.2 Å². The van der Waals surface area contributed by atoms with E-state index in [0.29, 0.717) is 33.8 Å². The van der Waals surface area contributed by atoms with Gasteiger partial charge in [0.05, 0.1) is 10.0 Å². The zero-order valence-corrected chi connectivity index (χ0v) is 16.9. The van der Waals surface area contributed by atoms with E-state index in [1.165, 1.54) is 0 Å². The molecule has 0 fully saturated rings. The molecule has 6 nitrogen and oxygen atoms in total. The van der Waals surface area contributed by atoms with Gasteiger partial charge in [-0.25, -0.2) is 4.98 Å². The van der Waals surface area contributed by atoms with E-state index in [1.54, 1.807) is 55.6 Å². The van der Waals surface area contributed by atoms with Crippen LogP contribution in [0.15, 0.2) is 54.9 Å². The number of halogens is 2. The van der Waals surface area contributed by atoms with Gasteiger partial charge in [-0.3, -0.25) is 4.79 Å². The number of aryl methyl sites for hydroxylation is 1. The van der Waals surface area contributed by atoms with Crippen LogP contribution in [-0.2, 0) is 18.4 Å². The number of carbonyl (C=O) groups is 1. The molecule has 0 aliphatic heterocycles. The number of ether oxygens (including phenoxy) is 2. The molecule has 0 aliphatic rings. The highest BCUT2D eigenvalue weighted by Crippen LogP contribution is 2.27. The van der Waals surface area contributed by atoms with Crippen LogP contribution in [0.2, 0.25) is 10.0 Å². The molecule has 0 bridgehead atoms. The number of carbonyl (C=O) groups excluding carboxylic acids is 1. The van der Waals surface area contributed by atoms with E-state index in [2.05, 4.69) is 10.3 Å². The van der Waals surface area contributed by atoms with Gasteiger partial charge in [-0.2, -0.15) is 0 Å². The minimum Gasteiger partial charge on any atom is -0.486 e. The van der Waals surface area contributed by atoms with Crippen molar-refractivity contribution in [2.75, 3.05) is 5.32 Å². The second kappa shape index (κ2) is 8.99. The summed E-state index contributed by atoms with van der Waals surface area (Å²) < 4.78 is 13.2. The van der Waals surface area contributed by atoms with Crippen LogP contribution in [0.1, 0.15) is 12.7 Å². The van der Waals surface area contributed by atoms with Gasteiger partial charge in [0.1, 0.15) is 23.9 Å². The maximum atomic E-state index is 12.3. The third-order valence-electron chi connectivity index (χ3n) is 3.98. The van der Waals surface area contributed by atoms with Crippen molar-refractivity contribution in [1.82, 2.24) is 9.55 Å². The molecule has 3 aromatic rings. The Kier molecular flexibility index (Phi) is 6.44. The molecule has 1 amide bonds. The van der Waals surface area contributed by atoms with Crippen molar-refractivity contribution in [3.05, 3.63) is 70.7 Å². The highest BCUT2D eigenvalue weighted by Gasteiger charge is 2.15. The highest BCUT2D eigenvalue weighted by molar-refractivity contribution is 6.42. The predicted octanol–water partition coefficient (Wildman–Crippen LogP) is 4.71. The largest absolute Gasteiger partial charge is 0.486 e. The fourth-order valence-corrected chi connectivity index (χ4v) is 2.66. The monoisotopic (exact) mass is 419 g/mol. The maximum Gasteiger partial charge on any atom is 0.265 e. The number of aromatic nitrogens is 2. The van der Waals surface area contributed by atoms with Gasteiger partial charge in [0.25, 0.3) is 5.91 Å². The summed E-state index contributed by atoms with van der Waals surface area (Å²) in [6.07, 6.45) is 2.87. The smallest absolute Gasteiger partial charge is 0.265 e. The molecule has 0 saturated heterocycles. The fourth-order valence-electron chi connectivity index (χ4n) is 2.37. The number of nitrogens with one attached hydrogen (secondary N) is 1. The topological polar surface area (TPSA) is 65.4 Å². The average Bonchev–Trinajstić information content (AvgIpc) is 3.09. The van der Waals surface area contributed by atoms with Crippen molar-refractivity contribution in [2.45, 2.75) is 19.6 Å². The molecule has 1 aromatic heterocycles. The third-order valence-corrected chi connectivity index (χ3v) is 4.72. The number of hydrogen-bond donors (Lipinski definition) is 1. The fraction of sp³-hybridized carbons (Fsp3) is 0.200. The molecular formula is C20H19Cl2N3O3. The van der Waals surface area contributed by atoms with Crippen LogP contribution in [0.4, 0.5) is 5.69 Å². The summed E-state index contributed by atoms with van der Waals surface area (Å²) in [6, 6.07) is 11.9. The summed E-state index contributed by atoms with van der Waals surface area (Å²) in [5, 5.41) is 3.59. The van der Waals surface area contributed by atoms with Gasteiger partial charge in [-0.05, 0) is 43.3 Å². The molecule has 0 aliphatic carbocycles. The number of anilines is 1. The van der Waals surface area contributed by atoms with Gasteiger partial charge >= 0.3 is 0 Å². The second-order valence-corrected chi connectivity index (χ2v) is 6.91. The van der Waals surface area contributed by atoms with E-state index >= 15 is 0 Å². The lowest BCUT2D eigenvalue weighted by molar-refractivity contribution is -0.122. The Bertz CT molecular complexity index is 958. The van der Waals surface area contributed by atoms with Gasteiger partial charge in [0.2, 0.25) is 0 Å². The van der Waals surface area contributed by atoms with Crippen LogP contribution >= 0.6 is 23.2 Å². The molecule has 28 heavy (non-hydrogen) atoms. The van der Waals surface area contributed by atoms with Crippen molar-refractivity contribution in [3.8, 4) is 11.5 Å². The molecule has 146 valence electrons. The number of rotatable bonds is 7. The number of nitrogens with zero attached hydrogens (tertiary/aromatic N) is 2. The quantitative estimate of drug-likeness (QED) is 0.601. The van der Waals surface area contributed by atoms with Crippen LogP contribution in [0, 0.1) is 0 Å². The first kappa shape index (κ1) is 20.0. The van der Waals surface area contributed by atoms with E-state index in [-0.39, 0.29) is 5.91 Å². The van der Waals surface area contributed by atoms with E-state index in [9.17, 15) is 4.79 Å². The molecule has 1 atom stereocenters. The zero-order chi connectivity index (χ0) is 20.1. The van der Waals surface area contributed by atoms with Gasteiger partial charge < -0.3 is 19.4 Å². The lowest BCUT2D eigenvalue weighted by Crippen LogP contribution is -2.30. The van der Waals surface area contributed by atoms with Gasteiger partial charge in [-0.1, -0.05) is 23.2 Å². The minimum atomic E-state index is -0.711. The minimum absolute atomic E-state index is 0.284. The van der Waals surface area contributed by atoms with Crippen LogP contribution in [0.5, 0.6) is 11.5 Å². The van der Waals surface area contributed by atoms with Crippen molar-refractivity contribution >= 4 is 34.8 Å². The number of benzene rings is 2. The molecule has 8 heteroatoms. The first-order valence-electron chi connectivity index (χ1n) is 8.54. The first-order chi connectivity index (χ1) is 13.4. The Morgan fingerprint density at radius 3 is 2.50 bits per heavy atom. The zero-order valence-electron chi connectivity index (χ0n) is 15.4. The summed E-state index contributed by atoms with van der Waals surface area (Å²) in [5.74, 6) is 1.69. The van der Waals surface area contributed by atoms with Crippen molar-refractivity contribution < 1.29 is 14.3 Å². The lowest BCUT2D eigenvalue weighted by atomic mass is 10.2. The molecule has 1 N–H and O–H groups in total. The van der Waals surface area contributed by atoms with Gasteiger partial charge in [-0.15, -0.1) is 0 Å². The molecular weight excluding hydrogens is 401 g/mol. The van der Waals surface area contributed by atoms with E-state index in [0.717, 1.165) is 5.82 Å². The summed E-state index contributed by atoms with van der Waals surface area (Å²) in [5.41, 5.74) is 0.638. The summed E-state index contributed by atoms with van der Waals surface area (Å²) in [7, 11) is 1.91.